The number of carbonyl (C=O) groups is 3. The lowest BCUT2D eigenvalue weighted by molar-refractivity contribution is -0.121. The third-order valence-corrected chi connectivity index (χ3v) is 4.36. The van der Waals surface area contributed by atoms with Crippen LogP contribution in [0.25, 0.3) is 0 Å². The van der Waals surface area contributed by atoms with E-state index in [0.717, 1.165) is 22.0 Å². The van der Waals surface area contributed by atoms with Crippen LogP contribution in [0.2, 0.25) is 0 Å². The minimum absolute atomic E-state index is 0.0612. The zero-order valence-electron chi connectivity index (χ0n) is 14.5. The van der Waals surface area contributed by atoms with Crippen molar-refractivity contribution in [2.45, 2.75) is 33.2 Å². The molecule has 1 aliphatic heterocycles. The highest BCUT2D eigenvalue weighted by molar-refractivity contribution is 6.21. The Morgan fingerprint density at radius 3 is 2.28 bits per heavy atom. The van der Waals surface area contributed by atoms with E-state index in [1.54, 1.807) is 24.3 Å². The lowest BCUT2D eigenvalue weighted by Gasteiger charge is -2.16. The first kappa shape index (κ1) is 17.0. The maximum Gasteiger partial charge on any atom is 0.261 e. The van der Waals surface area contributed by atoms with Crippen LogP contribution >= 0.6 is 0 Å². The lowest BCUT2D eigenvalue weighted by Crippen LogP contribution is -2.35. The second-order valence-electron chi connectivity index (χ2n) is 6.22. The van der Waals surface area contributed by atoms with Crippen molar-refractivity contribution in [1.29, 1.82) is 0 Å². The van der Waals surface area contributed by atoms with Crippen molar-refractivity contribution in [3.05, 3.63) is 58.5 Å². The van der Waals surface area contributed by atoms with E-state index < -0.39 is 0 Å². The van der Waals surface area contributed by atoms with Crippen LogP contribution in [0, 0.1) is 13.8 Å². The van der Waals surface area contributed by atoms with Crippen molar-refractivity contribution < 1.29 is 18.8 Å². The Morgan fingerprint density at radius 1 is 1.16 bits per heavy atom. The van der Waals surface area contributed by atoms with Gasteiger partial charge in [-0.15, -0.1) is 0 Å². The molecule has 6 nitrogen and oxygen atoms in total. The zero-order valence-corrected chi connectivity index (χ0v) is 14.5. The van der Waals surface area contributed by atoms with Gasteiger partial charge in [0, 0.05) is 18.5 Å². The van der Waals surface area contributed by atoms with Gasteiger partial charge in [0.15, 0.2) is 0 Å². The number of amides is 3. The second kappa shape index (κ2) is 6.55. The van der Waals surface area contributed by atoms with Gasteiger partial charge in [-0.05, 0) is 39.0 Å². The van der Waals surface area contributed by atoms with Crippen molar-refractivity contribution in [2.75, 3.05) is 6.54 Å². The Labute approximate surface area is 145 Å². The molecule has 0 bridgehead atoms. The van der Waals surface area contributed by atoms with Gasteiger partial charge in [0.2, 0.25) is 5.91 Å². The van der Waals surface area contributed by atoms with Crippen molar-refractivity contribution in [3.63, 3.8) is 0 Å². The Kier molecular flexibility index (Phi) is 4.44. The summed E-state index contributed by atoms with van der Waals surface area (Å²) in [5.74, 6) is 0.651. The molecular formula is C19H20N2O4. The van der Waals surface area contributed by atoms with Gasteiger partial charge in [-0.3, -0.25) is 19.3 Å². The highest BCUT2D eigenvalue weighted by Gasteiger charge is 2.35. The summed E-state index contributed by atoms with van der Waals surface area (Å²) in [5, 5.41) is 2.88. The number of aryl methyl sites for hydroxylation is 2. The fraction of sp³-hybridized carbons (Fsp3) is 0.316. The summed E-state index contributed by atoms with van der Waals surface area (Å²) in [7, 11) is 0. The van der Waals surface area contributed by atoms with Gasteiger partial charge < -0.3 is 9.73 Å². The van der Waals surface area contributed by atoms with Crippen molar-refractivity contribution in [2.24, 2.45) is 0 Å². The Bertz CT molecular complexity index is 818. The number of nitrogens with one attached hydrogen (secondary N) is 1. The zero-order chi connectivity index (χ0) is 18.1. The van der Waals surface area contributed by atoms with E-state index in [-0.39, 0.29) is 36.7 Å². The molecule has 0 spiro atoms. The molecule has 25 heavy (non-hydrogen) atoms. The van der Waals surface area contributed by atoms with Crippen molar-refractivity contribution >= 4 is 17.7 Å². The molecule has 1 aromatic heterocycles. The molecule has 6 heteroatoms. The van der Waals surface area contributed by atoms with Gasteiger partial charge in [-0.2, -0.15) is 0 Å². The Balaban J connectivity index is 1.59. The van der Waals surface area contributed by atoms with Crippen LogP contribution in [0.5, 0.6) is 0 Å². The van der Waals surface area contributed by atoms with E-state index in [4.69, 9.17) is 4.42 Å². The van der Waals surface area contributed by atoms with Gasteiger partial charge in [-0.25, -0.2) is 0 Å². The van der Waals surface area contributed by atoms with Crippen LogP contribution in [0.15, 0.2) is 34.7 Å². The molecule has 1 N–H and O–H groups in total. The molecule has 130 valence electrons. The second-order valence-corrected chi connectivity index (χ2v) is 6.22. The third kappa shape index (κ3) is 3.20. The minimum Gasteiger partial charge on any atom is -0.466 e. The van der Waals surface area contributed by atoms with E-state index in [2.05, 4.69) is 5.32 Å². The van der Waals surface area contributed by atoms with Crippen molar-refractivity contribution in [1.82, 2.24) is 10.2 Å². The fourth-order valence-electron chi connectivity index (χ4n) is 3.13. The van der Waals surface area contributed by atoms with Crippen LogP contribution in [0.4, 0.5) is 0 Å². The van der Waals surface area contributed by atoms with Gasteiger partial charge in [-0.1, -0.05) is 12.1 Å². The molecule has 0 fully saturated rings. The first-order chi connectivity index (χ1) is 11.9. The summed E-state index contributed by atoms with van der Waals surface area (Å²) in [6.07, 6.45) is 0.0612. The third-order valence-electron chi connectivity index (χ3n) is 4.36. The van der Waals surface area contributed by atoms with Gasteiger partial charge in [0.25, 0.3) is 11.8 Å². The smallest absolute Gasteiger partial charge is 0.261 e. The molecule has 1 atom stereocenters. The number of imide groups is 1. The summed E-state index contributed by atoms with van der Waals surface area (Å²) in [6, 6.07) is 8.38. The highest BCUT2D eigenvalue weighted by atomic mass is 16.3. The Hall–Kier alpha value is -2.89. The molecule has 2 aromatic rings. The summed E-state index contributed by atoms with van der Waals surface area (Å²) >= 11 is 0. The largest absolute Gasteiger partial charge is 0.466 e. The number of carbonyl (C=O) groups excluding carboxylic acids is 3. The molecule has 0 saturated heterocycles. The van der Waals surface area contributed by atoms with Gasteiger partial charge in [0.05, 0.1) is 17.2 Å². The topological polar surface area (TPSA) is 79.6 Å². The highest BCUT2D eigenvalue weighted by Crippen LogP contribution is 2.23. The summed E-state index contributed by atoms with van der Waals surface area (Å²) < 4.78 is 5.47. The molecule has 0 radical (unpaired) electrons. The van der Waals surface area contributed by atoms with Gasteiger partial charge in [0.1, 0.15) is 11.5 Å². The minimum atomic E-state index is -0.345. The monoisotopic (exact) mass is 340 g/mol. The van der Waals surface area contributed by atoms with E-state index >= 15 is 0 Å². The first-order valence-electron chi connectivity index (χ1n) is 8.20. The molecule has 2 heterocycles. The molecule has 0 unspecified atom stereocenters. The molecule has 1 aliphatic rings. The number of hydrogen-bond acceptors (Lipinski definition) is 4. The van der Waals surface area contributed by atoms with E-state index in [1.165, 1.54) is 0 Å². The van der Waals surface area contributed by atoms with Crippen LogP contribution < -0.4 is 5.32 Å². The first-order valence-corrected chi connectivity index (χ1v) is 8.20. The number of hydrogen-bond donors (Lipinski definition) is 1. The molecule has 0 saturated carbocycles. The number of benzene rings is 1. The van der Waals surface area contributed by atoms with Crippen LogP contribution in [0.1, 0.15) is 57.2 Å². The number of rotatable bonds is 5. The SMILES string of the molecule is Cc1cc([C@H](C)NC(=O)CCN2C(=O)c3ccccc3C2=O)c(C)o1. The lowest BCUT2D eigenvalue weighted by atomic mass is 10.1. The van der Waals surface area contributed by atoms with Gasteiger partial charge >= 0.3 is 0 Å². The van der Waals surface area contributed by atoms with Crippen LogP contribution in [-0.2, 0) is 4.79 Å². The maximum atomic E-state index is 12.3. The van der Waals surface area contributed by atoms with E-state index in [9.17, 15) is 14.4 Å². The van der Waals surface area contributed by atoms with Crippen molar-refractivity contribution in [3.8, 4) is 0 Å². The maximum absolute atomic E-state index is 12.3. The molecule has 3 amide bonds. The summed E-state index contributed by atoms with van der Waals surface area (Å²) in [5.41, 5.74) is 1.71. The number of nitrogens with zero attached hydrogens (tertiary/aromatic N) is 1. The number of furan rings is 1. The standard InChI is InChI=1S/C19H20N2O4/c1-11-10-16(13(3)25-11)12(2)20-17(22)8-9-21-18(23)14-6-4-5-7-15(14)19(21)24/h4-7,10,12H,8-9H2,1-3H3,(H,20,22)/t12-/m0/s1. The predicted molar refractivity (Wildman–Crippen MR) is 91.2 cm³/mol. The average molecular weight is 340 g/mol. The van der Waals surface area contributed by atoms with Crippen LogP contribution in [-0.4, -0.2) is 29.2 Å². The quantitative estimate of drug-likeness (QED) is 0.849. The fourth-order valence-corrected chi connectivity index (χ4v) is 3.13. The molecular weight excluding hydrogens is 320 g/mol. The Morgan fingerprint density at radius 2 is 1.76 bits per heavy atom. The number of fused-ring (bicyclic) bond motifs is 1. The molecule has 3 rings (SSSR count). The predicted octanol–water partition coefficient (Wildman–Crippen LogP) is 2.76. The normalized spacial score (nSPS) is 14.6. The summed E-state index contributed by atoms with van der Waals surface area (Å²) in [6.45, 7) is 5.64. The van der Waals surface area contributed by atoms with E-state index in [1.807, 2.05) is 26.8 Å². The molecule has 1 aromatic carbocycles. The van der Waals surface area contributed by atoms with Crippen LogP contribution in [0.3, 0.4) is 0 Å². The average Bonchev–Trinajstić information content (AvgIpc) is 3.03. The molecule has 0 aliphatic carbocycles. The summed E-state index contributed by atoms with van der Waals surface area (Å²) in [4.78, 5) is 37.9. The van der Waals surface area contributed by atoms with E-state index in [0.29, 0.717) is 11.1 Å².